The van der Waals surface area contributed by atoms with E-state index in [9.17, 15) is 4.79 Å². The van der Waals surface area contributed by atoms with Crippen LogP contribution in [0.2, 0.25) is 0 Å². The van der Waals surface area contributed by atoms with E-state index in [2.05, 4.69) is 10.3 Å². The molecule has 0 spiro atoms. The first-order valence-corrected chi connectivity index (χ1v) is 5.86. The summed E-state index contributed by atoms with van der Waals surface area (Å²) >= 11 is 0. The average molecular weight is 255 g/mol. The number of methoxy groups -OCH3 is 1. The molecule has 3 N–H and O–H groups in total. The molecule has 1 amide bonds. The van der Waals surface area contributed by atoms with Crippen molar-refractivity contribution in [1.29, 1.82) is 0 Å². The van der Waals surface area contributed by atoms with Gasteiger partial charge in [0.15, 0.2) is 5.76 Å². The summed E-state index contributed by atoms with van der Waals surface area (Å²) in [5, 5.41) is 0. The Morgan fingerprint density at radius 2 is 2.33 bits per heavy atom. The summed E-state index contributed by atoms with van der Waals surface area (Å²) in [6, 6.07) is 1.73. The lowest BCUT2D eigenvalue weighted by molar-refractivity contribution is 0.0924. The van der Waals surface area contributed by atoms with E-state index in [4.69, 9.17) is 15.0 Å². The fourth-order valence-corrected chi connectivity index (χ4v) is 1.71. The molecule has 0 atom stereocenters. The van der Waals surface area contributed by atoms with Gasteiger partial charge in [0.05, 0.1) is 0 Å². The van der Waals surface area contributed by atoms with Crippen molar-refractivity contribution in [2.24, 2.45) is 5.84 Å². The zero-order valence-corrected chi connectivity index (χ0v) is 11.2. The minimum atomic E-state index is -0.411. The lowest BCUT2D eigenvalue weighted by Crippen LogP contribution is -2.29. The highest BCUT2D eigenvalue weighted by molar-refractivity contribution is 5.91. The number of furan rings is 1. The third-order valence-corrected chi connectivity index (χ3v) is 2.70. The molecule has 6 nitrogen and oxygen atoms in total. The number of hydrazine groups is 1. The number of nitrogen functional groups attached to an aromatic ring is 1. The zero-order chi connectivity index (χ0) is 13.5. The van der Waals surface area contributed by atoms with Gasteiger partial charge in [0.2, 0.25) is 0 Å². The predicted octanol–water partition coefficient (Wildman–Crippen LogP) is 0.660. The van der Waals surface area contributed by atoms with Crippen molar-refractivity contribution in [3.05, 3.63) is 23.2 Å². The number of nitrogens with zero attached hydrogens (tertiary/aromatic N) is 1. The number of aryl methyl sites for hydroxylation is 1. The monoisotopic (exact) mass is 255 g/mol. The van der Waals surface area contributed by atoms with Crippen molar-refractivity contribution < 1.29 is 13.9 Å². The molecule has 1 aromatic rings. The van der Waals surface area contributed by atoms with Crippen molar-refractivity contribution in [2.45, 2.75) is 19.9 Å². The number of nitrogens with one attached hydrogen (secondary N) is 1. The molecular formula is C12H21N3O3. The summed E-state index contributed by atoms with van der Waals surface area (Å²) in [6.07, 6.45) is 0.972. The van der Waals surface area contributed by atoms with E-state index in [0.717, 1.165) is 37.4 Å². The highest BCUT2D eigenvalue weighted by atomic mass is 16.5. The van der Waals surface area contributed by atoms with Crippen LogP contribution in [0.1, 0.15) is 28.3 Å². The number of ether oxygens (including phenoxy) is 1. The minimum absolute atomic E-state index is 0.246. The van der Waals surface area contributed by atoms with Crippen LogP contribution in [0.4, 0.5) is 0 Å². The van der Waals surface area contributed by atoms with E-state index < -0.39 is 5.91 Å². The lowest BCUT2D eigenvalue weighted by atomic mass is 10.2. The van der Waals surface area contributed by atoms with Crippen LogP contribution >= 0.6 is 0 Å². The topological polar surface area (TPSA) is 80.7 Å². The van der Waals surface area contributed by atoms with Gasteiger partial charge in [0.25, 0.3) is 0 Å². The van der Waals surface area contributed by atoms with Crippen LogP contribution in [0.15, 0.2) is 10.5 Å². The van der Waals surface area contributed by atoms with Gasteiger partial charge in [-0.25, -0.2) is 5.84 Å². The van der Waals surface area contributed by atoms with Crippen LogP contribution in [0.3, 0.4) is 0 Å². The smallest absolute Gasteiger partial charge is 0.300 e. The number of hydrogen-bond acceptors (Lipinski definition) is 5. The van der Waals surface area contributed by atoms with Crippen LogP contribution < -0.4 is 11.3 Å². The molecule has 1 rings (SSSR count). The van der Waals surface area contributed by atoms with Crippen molar-refractivity contribution >= 4 is 5.91 Å². The molecule has 0 aliphatic rings. The maximum atomic E-state index is 11.3. The molecule has 18 heavy (non-hydrogen) atoms. The summed E-state index contributed by atoms with van der Waals surface area (Å²) in [4.78, 5) is 13.5. The Labute approximate surface area is 107 Å². The summed E-state index contributed by atoms with van der Waals surface area (Å²) in [6.45, 7) is 4.24. The van der Waals surface area contributed by atoms with Gasteiger partial charge in [-0.3, -0.25) is 10.2 Å². The van der Waals surface area contributed by atoms with Gasteiger partial charge >= 0.3 is 5.91 Å². The largest absolute Gasteiger partial charge is 0.456 e. The van der Waals surface area contributed by atoms with Gasteiger partial charge < -0.3 is 14.1 Å². The number of nitrogens with two attached hydrogens (primary N) is 1. The number of amides is 1. The number of rotatable bonds is 7. The molecule has 0 aliphatic heterocycles. The van der Waals surface area contributed by atoms with Crippen molar-refractivity contribution in [2.75, 3.05) is 27.3 Å². The Morgan fingerprint density at radius 3 is 2.94 bits per heavy atom. The Morgan fingerprint density at radius 1 is 1.61 bits per heavy atom. The van der Waals surface area contributed by atoms with Crippen LogP contribution in [0.5, 0.6) is 0 Å². The van der Waals surface area contributed by atoms with Crippen molar-refractivity contribution in [3.63, 3.8) is 0 Å². The van der Waals surface area contributed by atoms with Gasteiger partial charge in [-0.15, -0.1) is 0 Å². The molecule has 0 unspecified atom stereocenters. The Hall–Kier alpha value is -1.37. The molecule has 0 saturated heterocycles. The highest BCUT2D eigenvalue weighted by Gasteiger charge is 2.14. The van der Waals surface area contributed by atoms with Crippen molar-refractivity contribution in [1.82, 2.24) is 10.3 Å². The SMILES string of the molecule is COCCCN(C)Cc1cc(C(=O)NN)oc1C. The summed E-state index contributed by atoms with van der Waals surface area (Å²) in [5.74, 6) is 5.64. The first-order chi connectivity index (χ1) is 8.58. The predicted molar refractivity (Wildman–Crippen MR) is 67.9 cm³/mol. The Kier molecular flexibility index (Phi) is 5.84. The van der Waals surface area contributed by atoms with E-state index in [1.54, 1.807) is 13.2 Å². The molecular weight excluding hydrogens is 234 g/mol. The average Bonchev–Trinajstić information content (AvgIpc) is 2.70. The number of carbonyl (C=O) groups is 1. The second-order valence-electron chi connectivity index (χ2n) is 4.25. The zero-order valence-electron chi connectivity index (χ0n) is 11.2. The highest BCUT2D eigenvalue weighted by Crippen LogP contribution is 2.16. The molecule has 6 heteroatoms. The van der Waals surface area contributed by atoms with E-state index in [1.807, 2.05) is 14.0 Å². The molecule has 1 heterocycles. The summed E-state index contributed by atoms with van der Waals surface area (Å²) in [7, 11) is 3.71. The first-order valence-electron chi connectivity index (χ1n) is 5.86. The first kappa shape index (κ1) is 14.7. The van der Waals surface area contributed by atoms with Gasteiger partial charge in [-0.1, -0.05) is 0 Å². The molecule has 0 fully saturated rings. The standard InChI is InChI=1S/C12H21N3O3/c1-9-10(7-11(18-9)12(16)14-13)8-15(2)5-4-6-17-3/h7H,4-6,8,13H2,1-3H3,(H,14,16). The quantitative estimate of drug-likeness (QED) is 0.324. The molecule has 102 valence electrons. The maximum absolute atomic E-state index is 11.3. The maximum Gasteiger partial charge on any atom is 0.300 e. The number of hydrogen-bond donors (Lipinski definition) is 2. The van der Waals surface area contributed by atoms with E-state index in [0.29, 0.717) is 0 Å². The molecule has 1 aromatic heterocycles. The second kappa shape index (κ2) is 7.15. The van der Waals surface area contributed by atoms with Gasteiger partial charge in [0, 0.05) is 32.4 Å². The normalized spacial score (nSPS) is 10.9. The summed E-state index contributed by atoms with van der Waals surface area (Å²) < 4.78 is 10.4. The third-order valence-electron chi connectivity index (χ3n) is 2.70. The van der Waals surface area contributed by atoms with Crippen molar-refractivity contribution in [3.8, 4) is 0 Å². The molecule has 0 aromatic carbocycles. The van der Waals surface area contributed by atoms with Crippen LogP contribution in [-0.2, 0) is 11.3 Å². The van der Waals surface area contributed by atoms with Gasteiger partial charge in [-0.2, -0.15) is 0 Å². The van der Waals surface area contributed by atoms with E-state index >= 15 is 0 Å². The number of carbonyl (C=O) groups excluding carboxylic acids is 1. The molecule has 0 saturated carbocycles. The van der Waals surface area contributed by atoms with E-state index in [-0.39, 0.29) is 5.76 Å². The third kappa shape index (κ3) is 4.14. The Balaban J connectivity index is 2.56. The molecule has 0 radical (unpaired) electrons. The van der Waals surface area contributed by atoms with Gasteiger partial charge in [0.1, 0.15) is 5.76 Å². The van der Waals surface area contributed by atoms with Crippen LogP contribution in [-0.4, -0.2) is 38.1 Å². The second-order valence-corrected chi connectivity index (χ2v) is 4.25. The van der Waals surface area contributed by atoms with Gasteiger partial charge in [-0.05, 0) is 26.5 Å². The van der Waals surface area contributed by atoms with Crippen LogP contribution in [0.25, 0.3) is 0 Å². The minimum Gasteiger partial charge on any atom is -0.456 e. The van der Waals surface area contributed by atoms with Crippen LogP contribution in [0, 0.1) is 6.92 Å². The van der Waals surface area contributed by atoms with E-state index in [1.165, 1.54) is 0 Å². The summed E-state index contributed by atoms with van der Waals surface area (Å²) in [5.41, 5.74) is 3.05. The molecule has 0 aliphatic carbocycles. The fourth-order valence-electron chi connectivity index (χ4n) is 1.71. The fraction of sp³-hybridized carbons (Fsp3) is 0.583. The lowest BCUT2D eigenvalue weighted by Gasteiger charge is -2.15. The molecule has 0 bridgehead atoms. The Bertz CT molecular complexity index is 390.